The van der Waals surface area contributed by atoms with Crippen LogP contribution in [0, 0.1) is 29.6 Å². The van der Waals surface area contributed by atoms with Crippen LogP contribution in [0.4, 0.5) is 5.69 Å². The first-order valence-corrected chi connectivity index (χ1v) is 6.17. The van der Waals surface area contributed by atoms with E-state index in [-0.39, 0.29) is 0 Å². The van der Waals surface area contributed by atoms with Crippen molar-refractivity contribution >= 4 is 5.69 Å². The summed E-state index contributed by atoms with van der Waals surface area (Å²) in [5, 5.41) is 18.6. The first-order valence-electron chi connectivity index (χ1n) is 6.17. The van der Waals surface area contributed by atoms with Gasteiger partial charge in [0.25, 0.3) is 0 Å². The van der Waals surface area contributed by atoms with Gasteiger partial charge in [-0.2, -0.15) is 10.5 Å². The molecule has 2 N–H and O–H groups in total. The molecule has 2 rings (SSSR count). The molecule has 0 saturated heterocycles. The van der Waals surface area contributed by atoms with Gasteiger partial charge in [-0.15, -0.1) is 0 Å². The van der Waals surface area contributed by atoms with E-state index in [9.17, 15) is 10.5 Å². The van der Waals surface area contributed by atoms with E-state index in [0.717, 1.165) is 22.3 Å². The van der Waals surface area contributed by atoms with E-state index in [0.29, 0.717) is 22.7 Å². The van der Waals surface area contributed by atoms with Gasteiger partial charge in [-0.05, 0) is 30.0 Å². The highest BCUT2D eigenvalue weighted by molar-refractivity contribution is 5.92. The van der Waals surface area contributed by atoms with Crippen LogP contribution in [0.15, 0.2) is 18.2 Å². The minimum absolute atomic E-state index is 0.295. The van der Waals surface area contributed by atoms with Crippen molar-refractivity contribution < 1.29 is 0 Å². The maximum atomic E-state index is 9.29. The number of nitrogen functional groups attached to an aromatic ring is 1. The van der Waals surface area contributed by atoms with Gasteiger partial charge in [-0.1, -0.05) is 26.0 Å². The average molecular weight is 249 g/mol. The molecule has 0 radical (unpaired) electrons. The molecule has 94 valence electrons. The standard InChI is InChI=1S/C16H15N3/c1-9(2)11-5-4-10(3)15-12(6-11)13(7-17)16(19)14(15)8-18/h4-6,9H,19H2,1-3H3. The zero-order chi connectivity index (χ0) is 14.2. The monoisotopic (exact) mass is 249 g/mol. The van der Waals surface area contributed by atoms with Crippen LogP contribution < -0.4 is 5.73 Å². The van der Waals surface area contributed by atoms with E-state index in [1.807, 2.05) is 25.1 Å². The van der Waals surface area contributed by atoms with Crippen molar-refractivity contribution in [2.75, 3.05) is 5.73 Å². The number of rotatable bonds is 1. The summed E-state index contributed by atoms with van der Waals surface area (Å²) in [5.41, 5.74) is 10.7. The van der Waals surface area contributed by atoms with E-state index < -0.39 is 0 Å². The summed E-state index contributed by atoms with van der Waals surface area (Å²) in [6.07, 6.45) is 0. The first kappa shape index (κ1) is 12.9. The molecule has 3 heteroatoms. The first-order chi connectivity index (χ1) is 9.01. The Balaban J connectivity index is 2.95. The van der Waals surface area contributed by atoms with Gasteiger partial charge < -0.3 is 5.73 Å². The Morgan fingerprint density at radius 2 is 1.74 bits per heavy atom. The Bertz CT molecular complexity index is 700. The van der Waals surface area contributed by atoms with Gasteiger partial charge in [0.05, 0.1) is 16.8 Å². The van der Waals surface area contributed by atoms with Crippen LogP contribution in [0.5, 0.6) is 0 Å². The van der Waals surface area contributed by atoms with Crippen molar-refractivity contribution in [1.29, 1.82) is 10.5 Å². The fourth-order valence-corrected chi connectivity index (χ4v) is 2.33. The number of aryl methyl sites for hydroxylation is 1. The van der Waals surface area contributed by atoms with Crippen molar-refractivity contribution in [2.24, 2.45) is 0 Å². The van der Waals surface area contributed by atoms with E-state index in [4.69, 9.17) is 5.73 Å². The Morgan fingerprint density at radius 1 is 1.11 bits per heavy atom. The Morgan fingerprint density at radius 3 is 2.26 bits per heavy atom. The molecule has 3 nitrogen and oxygen atoms in total. The van der Waals surface area contributed by atoms with Gasteiger partial charge >= 0.3 is 0 Å². The highest BCUT2D eigenvalue weighted by atomic mass is 14.6. The molecule has 0 aromatic carbocycles. The summed E-state index contributed by atoms with van der Waals surface area (Å²) >= 11 is 0. The molecule has 0 aliphatic heterocycles. The molecule has 2 aliphatic rings. The molecule has 0 aromatic heterocycles. The molecule has 0 heterocycles. The van der Waals surface area contributed by atoms with Crippen molar-refractivity contribution in [3.63, 3.8) is 0 Å². The third-order valence-corrected chi connectivity index (χ3v) is 3.45. The van der Waals surface area contributed by atoms with Crippen molar-refractivity contribution in [3.8, 4) is 23.3 Å². The normalized spacial score (nSPS) is 10.4. The summed E-state index contributed by atoms with van der Waals surface area (Å²) in [5.74, 6) is 0.350. The molecule has 0 amide bonds. The average Bonchev–Trinajstić information content (AvgIpc) is 2.53. The van der Waals surface area contributed by atoms with E-state index in [2.05, 4.69) is 26.0 Å². The summed E-state index contributed by atoms with van der Waals surface area (Å²) in [4.78, 5) is 0. The summed E-state index contributed by atoms with van der Waals surface area (Å²) < 4.78 is 0. The van der Waals surface area contributed by atoms with Crippen molar-refractivity contribution in [1.82, 2.24) is 0 Å². The molecule has 2 aliphatic carbocycles. The Hall–Kier alpha value is -2.52. The highest BCUT2D eigenvalue weighted by Crippen LogP contribution is 2.40. The largest absolute Gasteiger partial charge is 0.397 e. The topological polar surface area (TPSA) is 73.6 Å². The number of nitrogens with zero attached hydrogens (tertiary/aromatic N) is 2. The SMILES string of the molecule is Cc1ccc(C(C)C)cc2c(C#N)c(N)c(C#N)c1-2. The smallest absolute Gasteiger partial charge is 0.102 e. The van der Waals surface area contributed by atoms with Gasteiger partial charge in [-0.3, -0.25) is 0 Å². The lowest BCUT2D eigenvalue weighted by atomic mass is 10.0. The predicted octanol–water partition coefficient (Wildman–Crippen LogP) is 3.55. The summed E-state index contributed by atoms with van der Waals surface area (Å²) in [6, 6.07) is 10.2. The lowest BCUT2D eigenvalue weighted by molar-refractivity contribution is 0.869. The summed E-state index contributed by atoms with van der Waals surface area (Å²) in [6.45, 7) is 6.13. The molecule has 0 saturated carbocycles. The second-order valence-electron chi connectivity index (χ2n) is 4.99. The molecule has 0 spiro atoms. The minimum atomic E-state index is 0.295. The van der Waals surface area contributed by atoms with Gasteiger partial charge in [0.2, 0.25) is 0 Å². The van der Waals surface area contributed by atoms with Crippen LogP contribution in [0.25, 0.3) is 11.1 Å². The molecule has 0 atom stereocenters. The van der Waals surface area contributed by atoms with Crippen LogP contribution in [0.2, 0.25) is 0 Å². The van der Waals surface area contributed by atoms with Crippen molar-refractivity contribution in [3.05, 3.63) is 40.5 Å². The Kier molecular flexibility index (Phi) is 3.15. The third kappa shape index (κ3) is 1.90. The van der Waals surface area contributed by atoms with Crippen LogP contribution in [0.3, 0.4) is 0 Å². The maximum absolute atomic E-state index is 9.29. The number of anilines is 1. The van der Waals surface area contributed by atoms with Gasteiger partial charge in [-0.25, -0.2) is 0 Å². The maximum Gasteiger partial charge on any atom is 0.102 e. The molecule has 0 aromatic rings. The predicted molar refractivity (Wildman–Crippen MR) is 75.7 cm³/mol. The molecule has 0 unspecified atom stereocenters. The van der Waals surface area contributed by atoms with Crippen molar-refractivity contribution in [2.45, 2.75) is 26.7 Å². The fourth-order valence-electron chi connectivity index (χ4n) is 2.33. The van der Waals surface area contributed by atoms with Crippen LogP contribution in [0.1, 0.15) is 42.0 Å². The van der Waals surface area contributed by atoms with E-state index in [1.54, 1.807) is 0 Å². The number of nitrogens with two attached hydrogens (primary N) is 1. The fraction of sp³-hybridized carbons (Fsp3) is 0.250. The molecule has 0 fully saturated rings. The van der Waals surface area contributed by atoms with Crippen LogP contribution in [-0.2, 0) is 0 Å². The number of hydrogen-bond donors (Lipinski definition) is 1. The van der Waals surface area contributed by atoms with Crippen LogP contribution >= 0.6 is 0 Å². The van der Waals surface area contributed by atoms with Gasteiger partial charge in [0.1, 0.15) is 12.1 Å². The third-order valence-electron chi connectivity index (χ3n) is 3.45. The van der Waals surface area contributed by atoms with Gasteiger partial charge in [0, 0.05) is 11.1 Å². The molecule has 19 heavy (non-hydrogen) atoms. The molecule has 0 bridgehead atoms. The lowest BCUT2D eigenvalue weighted by Gasteiger charge is -2.02. The van der Waals surface area contributed by atoms with E-state index in [1.165, 1.54) is 0 Å². The zero-order valence-corrected chi connectivity index (χ0v) is 11.3. The summed E-state index contributed by atoms with van der Waals surface area (Å²) in [7, 11) is 0. The molecular formula is C16H15N3. The molecular weight excluding hydrogens is 234 g/mol. The second kappa shape index (κ2) is 4.63. The van der Waals surface area contributed by atoms with Gasteiger partial charge in [0.15, 0.2) is 0 Å². The Labute approximate surface area is 113 Å². The quantitative estimate of drug-likeness (QED) is 0.839. The second-order valence-corrected chi connectivity index (χ2v) is 4.99. The number of nitriles is 2. The number of hydrogen-bond acceptors (Lipinski definition) is 3. The van der Waals surface area contributed by atoms with Crippen LogP contribution in [-0.4, -0.2) is 0 Å². The minimum Gasteiger partial charge on any atom is -0.397 e. The number of fused-ring (bicyclic) bond motifs is 1. The zero-order valence-electron chi connectivity index (χ0n) is 11.3. The van der Waals surface area contributed by atoms with E-state index >= 15 is 0 Å². The highest BCUT2D eigenvalue weighted by Gasteiger charge is 2.23. The lowest BCUT2D eigenvalue weighted by Crippen LogP contribution is -1.88.